The second kappa shape index (κ2) is 9.36. The third kappa shape index (κ3) is 4.70. The first kappa shape index (κ1) is 21.1. The molecule has 0 spiro atoms. The Kier molecular flexibility index (Phi) is 5.98. The number of rotatable bonds is 7. The lowest BCUT2D eigenvalue weighted by atomic mass is 9.88. The van der Waals surface area contributed by atoms with E-state index in [0.29, 0.717) is 37.4 Å². The van der Waals surface area contributed by atoms with Crippen LogP contribution in [-0.2, 0) is 9.59 Å². The molecule has 0 saturated carbocycles. The number of fused-ring (bicyclic) bond motifs is 1. The van der Waals surface area contributed by atoms with Crippen molar-refractivity contribution in [1.29, 1.82) is 0 Å². The fourth-order valence-electron chi connectivity index (χ4n) is 4.54. The zero-order chi connectivity index (χ0) is 22.6. The van der Waals surface area contributed by atoms with Crippen LogP contribution < -0.4 is 19.7 Å². The molecule has 2 aliphatic rings. The Morgan fingerprint density at radius 1 is 0.939 bits per heavy atom. The van der Waals surface area contributed by atoms with Crippen LogP contribution in [0.2, 0.25) is 0 Å². The highest BCUT2D eigenvalue weighted by molar-refractivity contribution is 5.96. The summed E-state index contributed by atoms with van der Waals surface area (Å²) in [5, 5.41) is 3.07. The summed E-state index contributed by atoms with van der Waals surface area (Å²) in [6, 6.07) is 25.7. The van der Waals surface area contributed by atoms with Crippen LogP contribution in [0.4, 0.5) is 5.69 Å². The van der Waals surface area contributed by atoms with Gasteiger partial charge in [0.05, 0.1) is 0 Å². The molecule has 2 amide bonds. The van der Waals surface area contributed by atoms with Gasteiger partial charge in [-0.05, 0) is 23.3 Å². The Morgan fingerprint density at radius 2 is 1.61 bits per heavy atom. The Morgan fingerprint density at radius 3 is 2.30 bits per heavy atom. The van der Waals surface area contributed by atoms with E-state index in [1.54, 1.807) is 4.90 Å². The highest BCUT2D eigenvalue weighted by atomic mass is 16.7. The van der Waals surface area contributed by atoms with Crippen LogP contribution in [0, 0.1) is 5.92 Å². The van der Waals surface area contributed by atoms with Crippen LogP contribution in [0.5, 0.6) is 11.5 Å². The molecule has 0 bridgehead atoms. The van der Waals surface area contributed by atoms with E-state index >= 15 is 0 Å². The number of amides is 2. The van der Waals surface area contributed by atoms with Gasteiger partial charge in [0.25, 0.3) is 0 Å². The van der Waals surface area contributed by atoms with E-state index in [1.165, 1.54) is 0 Å². The highest BCUT2D eigenvalue weighted by Crippen LogP contribution is 2.37. The first-order valence-corrected chi connectivity index (χ1v) is 11.2. The number of nitrogens with zero attached hydrogens (tertiary/aromatic N) is 1. The zero-order valence-corrected chi connectivity index (χ0v) is 18.3. The molecule has 1 atom stereocenters. The smallest absolute Gasteiger partial charge is 0.231 e. The number of carbonyl (C=O) groups excluding carboxylic acids is 2. The minimum Gasteiger partial charge on any atom is -0.454 e. The third-order valence-corrected chi connectivity index (χ3v) is 6.25. The fourth-order valence-corrected chi connectivity index (χ4v) is 4.54. The maximum atomic E-state index is 12.9. The van der Waals surface area contributed by atoms with Crippen molar-refractivity contribution in [3.8, 4) is 11.5 Å². The minimum atomic E-state index is -0.0123. The molecule has 2 heterocycles. The van der Waals surface area contributed by atoms with E-state index in [9.17, 15) is 9.59 Å². The molecule has 0 aliphatic carbocycles. The number of anilines is 1. The van der Waals surface area contributed by atoms with Gasteiger partial charge in [-0.1, -0.05) is 60.7 Å². The Bertz CT molecular complexity index is 1090. The van der Waals surface area contributed by atoms with E-state index in [0.717, 1.165) is 16.8 Å². The number of carbonyl (C=O) groups is 2. The number of hydrogen-bond donors (Lipinski definition) is 1. The number of hydrogen-bond acceptors (Lipinski definition) is 4. The van der Waals surface area contributed by atoms with Gasteiger partial charge in [0, 0.05) is 49.5 Å². The summed E-state index contributed by atoms with van der Waals surface area (Å²) in [5.74, 6) is 1.45. The lowest BCUT2D eigenvalue weighted by Crippen LogP contribution is -2.32. The summed E-state index contributed by atoms with van der Waals surface area (Å²) < 4.78 is 10.8. The van der Waals surface area contributed by atoms with Crippen molar-refractivity contribution in [3.05, 3.63) is 90.0 Å². The average Bonchev–Trinajstić information content (AvgIpc) is 3.48. The molecule has 6 heteroatoms. The van der Waals surface area contributed by atoms with Crippen LogP contribution >= 0.6 is 0 Å². The molecule has 2 aliphatic heterocycles. The molecular weight excluding hydrogens is 416 g/mol. The van der Waals surface area contributed by atoms with E-state index in [4.69, 9.17) is 9.47 Å². The van der Waals surface area contributed by atoms with Crippen LogP contribution in [0.1, 0.15) is 29.9 Å². The molecule has 3 aromatic carbocycles. The lowest BCUT2D eigenvalue weighted by molar-refractivity contribution is -0.122. The molecule has 0 aromatic heterocycles. The molecule has 1 saturated heterocycles. The van der Waals surface area contributed by atoms with Crippen molar-refractivity contribution < 1.29 is 19.1 Å². The fraction of sp³-hybridized carbons (Fsp3) is 0.259. The highest BCUT2D eigenvalue weighted by Gasteiger charge is 2.32. The van der Waals surface area contributed by atoms with E-state index in [-0.39, 0.29) is 30.4 Å². The lowest BCUT2D eigenvalue weighted by Gasteiger charge is -2.19. The normalized spacial score (nSPS) is 16.9. The van der Waals surface area contributed by atoms with Crippen LogP contribution in [0.15, 0.2) is 78.9 Å². The van der Waals surface area contributed by atoms with Gasteiger partial charge in [0.1, 0.15) is 0 Å². The summed E-state index contributed by atoms with van der Waals surface area (Å²) >= 11 is 0. The van der Waals surface area contributed by atoms with Gasteiger partial charge in [-0.15, -0.1) is 0 Å². The van der Waals surface area contributed by atoms with Crippen molar-refractivity contribution in [2.75, 3.05) is 24.8 Å². The second-order valence-corrected chi connectivity index (χ2v) is 8.49. The van der Waals surface area contributed by atoms with Crippen molar-refractivity contribution in [1.82, 2.24) is 5.32 Å². The molecule has 33 heavy (non-hydrogen) atoms. The monoisotopic (exact) mass is 442 g/mol. The van der Waals surface area contributed by atoms with Gasteiger partial charge in [-0.2, -0.15) is 0 Å². The molecule has 5 rings (SSSR count). The van der Waals surface area contributed by atoms with E-state index in [2.05, 4.69) is 29.6 Å². The van der Waals surface area contributed by atoms with Crippen LogP contribution in [0.25, 0.3) is 0 Å². The largest absolute Gasteiger partial charge is 0.454 e. The topological polar surface area (TPSA) is 67.9 Å². The standard InChI is InChI=1S/C27H26N2O4/c30-26(15-23(20-7-3-1-4-8-20)21-9-5-2-6-10-21)28-16-19-13-27(31)29(17-19)22-11-12-24-25(14-22)33-18-32-24/h1-12,14,19,23H,13,15-18H2,(H,28,30). The average molecular weight is 443 g/mol. The number of ether oxygens (including phenoxy) is 2. The molecule has 1 unspecified atom stereocenters. The second-order valence-electron chi connectivity index (χ2n) is 8.49. The minimum absolute atomic E-state index is 0.0114. The maximum absolute atomic E-state index is 12.9. The van der Waals surface area contributed by atoms with Gasteiger partial charge < -0.3 is 19.7 Å². The summed E-state index contributed by atoms with van der Waals surface area (Å²) in [6.07, 6.45) is 0.774. The van der Waals surface area contributed by atoms with E-state index < -0.39 is 0 Å². The predicted octanol–water partition coefficient (Wildman–Crippen LogP) is 4.11. The zero-order valence-electron chi connectivity index (χ0n) is 18.3. The summed E-state index contributed by atoms with van der Waals surface area (Å²) in [5.41, 5.74) is 3.03. The third-order valence-electron chi connectivity index (χ3n) is 6.25. The quantitative estimate of drug-likeness (QED) is 0.598. The first-order valence-electron chi connectivity index (χ1n) is 11.2. The SMILES string of the molecule is O=C(CC(c1ccccc1)c1ccccc1)NCC1CC(=O)N(c2ccc3c(c2)OCO3)C1. The first-order chi connectivity index (χ1) is 16.2. The van der Waals surface area contributed by atoms with Gasteiger partial charge in [-0.25, -0.2) is 0 Å². The van der Waals surface area contributed by atoms with Crippen molar-refractivity contribution >= 4 is 17.5 Å². The van der Waals surface area contributed by atoms with Crippen molar-refractivity contribution in [2.45, 2.75) is 18.8 Å². The number of benzene rings is 3. The van der Waals surface area contributed by atoms with Gasteiger partial charge in [-0.3, -0.25) is 9.59 Å². The summed E-state index contributed by atoms with van der Waals surface area (Å²) in [4.78, 5) is 27.3. The Balaban J connectivity index is 1.20. The molecule has 1 N–H and O–H groups in total. The number of nitrogens with one attached hydrogen (secondary N) is 1. The van der Waals surface area contributed by atoms with Gasteiger partial charge in [0.15, 0.2) is 11.5 Å². The van der Waals surface area contributed by atoms with Crippen molar-refractivity contribution in [3.63, 3.8) is 0 Å². The predicted molar refractivity (Wildman–Crippen MR) is 125 cm³/mol. The van der Waals surface area contributed by atoms with Gasteiger partial charge >= 0.3 is 0 Å². The molecule has 3 aromatic rings. The van der Waals surface area contributed by atoms with Crippen LogP contribution in [-0.4, -0.2) is 31.7 Å². The Hall–Kier alpha value is -3.80. The molecule has 168 valence electrons. The molecule has 0 radical (unpaired) electrons. The maximum Gasteiger partial charge on any atom is 0.231 e. The van der Waals surface area contributed by atoms with E-state index in [1.807, 2.05) is 54.6 Å². The summed E-state index contributed by atoms with van der Waals surface area (Å²) in [7, 11) is 0. The summed E-state index contributed by atoms with van der Waals surface area (Å²) in [6.45, 7) is 1.25. The van der Waals surface area contributed by atoms with Gasteiger partial charge in [0.2, 0.25) is 18.6 Å². The van der Waals surface area contributed by atoms with Crippen LogP contribution in [0.3, 0.4) is 0 Å². The molecular formula is C27H26N2O4. The molecule has 6 nitrogen and oxygen atoms in total. The van der Waals surface area contributed by atoms with Crippen molar-refractivity contribution in [2.24, 2.45) is 5.92 Å². The Labute approximate surface area is 193 Å². The molecule has 1 fully saturated rings.